The molecule has 4 nitrogen and oxygen atoms in total. The SMILES string of the molecule is Cc1ccc(CNCc2sc(C)nc2C)c(OC2CCOC2)c1. The minimum atomic E-state index is 0.182. The number of nitrogens with one attached hydrogen (secondary N) is 1. The van der Waals surface area contributed by atoms with E-state index in [-0.39, 0.29) is 6.10 Å². The van der Waals surface area contributed by atoms with Crippen LogP contribution in [-0.2, 0) is 17.8 Å². The molecule has 0 aliphatic carbocycles. The Labute approximate surface area is 141 Å². The molecule has 1 aliphatic rings. The first-order valence-corrected chi connectivity index (χ1v) is 8.91. The predicted octanol–water partition coefficient (Wildman–Crippen LogP) is 3.53. The van der Waals surface area contributed by atoms with Crippen LogP contribution < -0.4 is 10.1 Å². The highest BCUT2D eigenvalue weighted by atomic mass is 32.1. The molecular formula is C18H24N2O2S. The van der Waals surface area contributed by atoms with Gasteiger partial charge in [-0.15, -0.1) is 11.3 Å². The molecular weight excluding hydrogens is 308 g/mol. The van der Waals surface area contributed by atoms with Crippen molar-refractivity contribution in [3.05, 3.63) is 44.9 Å². The maximum absolute atomic E-state index is 6.14. The van der Waals surface area contributed by atoms with Crippen molar-refractivity contribution in [2.45, 2.75) is 46.4 Å². The van der Waals surface area contributed by atoms with Crippen LogP contribution in [0.2, 0.25) is 0 Å². The predicted molar refractivity (Wildman–Crippen MR) is 93.2 cm³/mol. The van der Waals surface area contributed by atoms with E-state index in [0.29, 0.717) is 6.61 Å². The molecule has 1 aromatic heterocycles. The van der Waals surface area contributed by atoms with Gasteiger partial charge in [-0.1, -0.05) is 12.1 Å². The van der Waals surface area contributed by atoms with Crippen molar-refractivity contribution in [2.24, 2.45) is 0 Å². The summed E-state index contributed by atoms with van der Waals surface area (Å²) in [5.41, 5.74) is 3.54. The monoisotopic (exact) mass is 332 g/mol. The molecule has 1 saturated heterocycles. The number of thiazole rings is 1. The Bertz CT molecular complexity index is 663. The summed E-state index contributed by atoms with van der Waals surface area (Å²) in [5, 5.41) is 4.64. The molecule has 1 fully saturated rings. The molecule has 1 aromatic carbocycles. The highest BCUT2D eigenvalue weighted by Gasteiger charge is 2.18. The molecule has 124 valence electrons. The van der Waals surface area contributed by atoms with Crippen LogP contribution in [0.25, 0.3) is 0 Å². The number of aromatic nitrogens is 1. The molecule has 23 heavy (non-hydrogen) atoms. The second-order valence-electron chi connectivity index (χ2n) is 6.06. The third-order valence-electron chi connectivity index (χ3n) is 4.00. The van der Waals surface area contributed by atoms with Crippen LogP contribution in [0.1, 0.15) is 33.1 Å². The molecule has 3 rings (SSSR count). The first-order valence-electron chi connectivity index (χ1n) is 8.09. The van der Waals surface area contributed by atoms with Gasteiger partial charge in [0.1, 0.15) is 11.9 Å². The van der Waals surface area contributed by atoms with Crippen LogP contribution in [0, 0.1) is 20.8 Å². The van der Waals surface area contributed by atoms with E-state index in [4.69, 9.17) is 9.47 Å². The molecule has 2 aromatic rings. The molecule has 5 heteroatoms. The Morgan fingerprint density at radius 1 is 1.30 bits per heavy atom. The highest BCUT2D eigenvalue weighted by molar-refractivity contribution is 7.11. The van der Waals surface area contributed by atoms with Gasteiger partial charge in [0.05, 0.1) is 23.9 Å². The molecule has 0 saturated carbocycles. The molecule has 1 unspecified atom stereocenters. The number of nitrogens with zero attached hydrogens (tertiary/aromatic N) is 1. The summed E-state index contributed by atoms with van der Waals surface area (Å²) < 4.78 is 11.6. The maximum Gasteiger partial charge on any atom is 0.124 e. The van der Waals surface area contributed by atoms with Gasteiger partial charge in [0.15, 0.2) is 0 Å². The zero-order chi connectivity index (χ0) is 16.2. The summed E-state index contributed by atoms with van der Waals surface area (Å²) in [4.78, 5) is 5.78. The van der Waals surface area contributed by atoms with Gasteiger partial charge in [0.25, 0.3) is 0 Å². The smallest absolute Gasteiger partial charge is 0.124 e. The summed E-state index contributed by atoms with van der Waals surface area (Å²) in [7, 11) is 0. The second kappa shape index (κ2) is 7.43. The van der Waals surface area contributed by atoms with Crippen molar-refractivity contribution in [3.8, 4) is 5.75 Å². The maximum atomic E-state index is 6.14. The highest BCUT2D eigenvalue weighted by Crippen LogP contribution is 2.24. The van der Waals surface area contributed by atoms with Crippen molar-refractivity contribution in [2.75, 3.05) is 13.2 Å². The van der Waals surface area contributed by atoms with Crippen molar-refractivity contribution in [3.63, 3.8) is 0 Å². The van der Waals surface area contributed by atoms with E-state index in [2.05, 4.69) is 49.3 Å². The van der Waals surface area contributed by atoms with Crippen LogP contribution in [0.15, 0.2) is 18.2 Å². The van der Waals surface area contributed by atoms with Crippen LogP contribution in [-0.4, -0.2) is 24.3 Å². The van der Waals surface area contributed by atoms with Crippen molar-refractivity contribution in [1.82, 2.24) is 10.3 Å². The number of hydrogen-bond donors (Lipinski definition) is 1. The minimum absolute atomic E-state index is 0.182. The van der Waals surface area contributed by atoms with Crippen LogP contribution in [0.5, 0.6) is 5.75 Å². The molecule has 0 amide bonds. The van der Waals surface area contributed by atoms with Crippen molar-refractivity contribution < 1.29 is 9.47 Å². The van der Waals surface area contributed by atoms with Gasteiger partial charge in [-0.25, -0.2) is 4.98 Å². The Hall–Kier alpha value is -1.43. The summed E-state index contributed by atoms with van der Waals surface area (Å²) in [6, 6.07) is 6.41. The average molecular weight is 332 g/mol. The second-order valence-corrected chi connectivity index (χ2v) is 7.35. The average Bonchev–Trinajstić information content (AvgIpc) is 3.11. The van der Waals surface area contributed by atoms with Gasteiger partial charge >= 0.3 is 0 Å². The Balaban J connectivity index is 1.63. The van der Waals surface area contributed by atoms with E-state index in [1.54, 1.807) is 11.3 Å². The first kappa shape index (κ1) is 16.4. The third-order valence-corrected chi connectivity index (χ3v) is 5.08. The van der Waals surface area contributed by atoms with Gasteiger partial charge in [0, 0.05) is 30.0 Å². The quantitative estimate of drug-likeness (QED) is 0.879. The zero-order valence-corrected chi connectivity index (χ0v) is 14.8. The number of rotatable bonds is 6. The summed E-state index contributed by atoms with van der Waals surface area (Å²) >= 11 is 1.76. The van der Waals surface area contributed by atoms with Gasteiger partial charge in [-0.05, 0) is 32.4 Å². The lowest BCUT2D eigenvalue weighted by Crippen LogP contribution is -2.19. The lowest BCUT2D eigenvalue weighted by Gasteiger charge is -2.16. The molecule has 0 spiro atoms. The van der Waals surface area contributed by atoms with E-state index in [1.807, 2.05) is 0 Å². The normalized spacial score (nSPS) is 17.6. The molecule has 0 radical (unpaired) electrons. The molecule has 1 aliphatic heterocycles. The molecule has 1 N–H and O–H groups in total. The standard InChI is InChI=1S/C18H24N2O2S/c1-12-4-5-15(17(8-12)22-16-6-7-21-11-16)9-19-10-18-13(2)20-14(3)23-18/h4-5,8,16,19H,6-7,9-11H2,1-3H3. The van der Waals surface area contributed by atoms with Crippen molar-refractivity contribution >= 4 is 11.3 Å². The summed E-state index contributed by atoms with van der Waals surface area (Å²) in [5.74, 6) is 0.977. The lowest BCUT2D eigenvalue weighted by molar-refractivity contribution is 0.140. The van der Waals surface area contributed by atoms with Crippen LogP contribution in [0.4, 0.5) is 0 Å². The topological polar surface area (TPSA) is 43.4 Å². The fourth-order valence-electron chi connectivity index (χ4n) is 2.75. The summed E-state index contributed by atoms with van der Waals surface area (Å²) in [6.07, 6.45) is 1.15. The van der Waals surface area contributed by atoms with Crippen LogP contribution >= 0.6 is 11.3 Å². The van der Waals surface area contributed by atoms with Crippen LogP contribution in [0.3, 0.4) is 0 Å². The van der Waals surface area contributed by atoms with E-state index < -0.39 is 0 Å². The number of aryl methyl sites for hydroxylation is 3. The fraction of sp³-hybridized carbons (Fsp3) is 0.500. The number of benzene rings is 1. The lowest BCUT2D eigenvalue weighted by atomic mass is 10.1. The van der Waals surface area contributed by atoms with Gasteiger partial charge in [0.2, 0.25) is 0 Å². The third kappa shape index (κ3) is 4.31. The number of ether oxygens (including phenoxy) is 2. The van der Waals surface area contributed by atoms with E-state index in [9.17, 15) is 0 Å². The van der Waals surface area contributed by atoms with Gasteiger partial charge < -0.3 is 14.8 Å². The summed E-state index contributed by atoms with van der Waals surface area (Å²) in [6.45, 7) is 9.35. The Kier molecular flexibility index (Phi) is 5.30. The van der Waals surface area contributed by atoms with Crippen molar-refractivity contribution in [1.29, 1.82) is 0 Å². The first-order chi connectivity index (χ1) is 11.1. The van der Waals surface area contributed by atoms with Gasteiger partial charge in [-0.2, -0.15) is 0 Å². The van der Waals surface area contributed by atoms with E-state index in [1.165, 1.54) is 16.0 Å². The molecule has 0 bridgehead atoms. The Morgan fingerprint density at radius 3 is 2.87 bits per heavy atom. The van der Waals surface area contributed by atoms with E-state index >= 15 is 0 Å². The largest absolute Gasteiger partial charge is 0.488 e. The molecule has 1 atom stereocenters. The molecule has 2 heterocycles. The minimum Gasteiger partial charge on any atom is -0.488 e. The van der Waals surface area contributed by atoms with E-state index in [0.717, 1.165) is 42.6 Å². The zero-order valence-electron chi connectivity index (χ0n) is 14.0. The Morgan fingerprint density at radius 2 is 2.17 bits per heavy atom. The fourth-order valence-corrected chi connectivity index (χ4v) is 3.66. The number of hydrogen-bond acceptors (Lipinski definition) is 5. The van der Waals surface area contributed by atoms with Gasteiger partial charge in [-0.3, -0.25) is 0 Å².